The lowest BCUT2D eigenvalue weighted by molar-refractivity contribution is -0.116. The Kier molecular flexibility index (Phi) is 6.37. The van der Waals surface area contributed by atoms with Gasteiger partial charge in [-0.15, -0.1) is 0 Å². The smallest absolute Gasteiger partial charge is 0.244 e. The van der Waals surface area contributed by atoms with E-state index in [1.165, 1.54) is 18.2 Å². The van der Waals surface area contributed by atoms with Gasteiger partial charge in [-0.05, 0) is 25.1 Å². The van der Waals surface area contributed by atoms with E-state index in [1.54, 1.807) is 18.2 Å². The van der Waals surface area contributed by atoms with Crippen molar-refractivity contribution < 1.29 is 13.9 Å². The number of halogens is 1. The molecule has 0 unspecified atom stereocenters. The first kappa shape index (κ1) is 15.7. The van der Waals surface area contributed by atoms with Gasteiger partial charge < -0.3 is 10.1 Å². The highest BCUT2D eigenvalue weighted by molar-refractivity contribution is 5.91. The fourth-order valence-corrected chi connectivity index (χ4v) is 2.17. The Labute approximate surface area is 124 Å². The number of benzene rings is 1. The number of morpholine rings is 1. The van der Waals surface area contributed by atoms with Crippen LogP contribution in [0.2, 0.25) is 0 Å². The fourth-order valence-electron chi connectivity index (χ4n) is 2.17. The molecule has 0 saturated carbocycles. The van der Waals surface area contributed by atoms with Crippen LogP contribution in [-0.2, 0) is 9.53 Å². The first-order valence-electron chi connectivity index (χ1n) is 7.26. The SMILES string of the molecule is O=C(/C=C/c1ccccc1F)NCCCN1CCOCC1. The average molecular weight is 292 g/mol. The number of nitrogens with one attached hydrogen (secondary N) is 1. The summed E-state index contributed by atoms with van der Waals surface area (Å²) in [5.74, 6) is -0.519. The number of hydrogen-bond acceptors (Lipinski definition) is 3. The predicted octanol–water partition coefficient (Wildman–Crippen LogP) is 1.68. The highest BCUT2D eigenvalue weighted by atomic mass is 19.1. The topological polar surface area (TPSA) is 41.6 Å². The van der Waals surface area contributed by atoms with E-state index in [1.807, 2.05) is 0 Å². The minimum Gasteiger partial charge on any atom is -0.379 e. The van der Waals surface area contributed by atoms with Gasteiger partial charge in [-0.25, -0.2) is 4.39 Å². The van der Waals surface area contributed by atoms with Crippen molar-refractivity contribution in [2.24, 2.45) is 0 Å². The van der Waals surface area contributed by atoms with Crippen LogP contribution in [0, 0.1) is 5.82 Å². The number of hydrogen-bond donors (Lipinski definition) is 1. The molecule has 114 valence electrons. The Hall–Kier alpha value is -1.72. The molecule has 0 bridgehead atoms. The van der Waals surface area contributed by atoms with E-state index in [0.29, 0.717) is 12.1 Å². The summed E-state index contributed by atoms with van der Waals surface area (Å²) in [6, 6.07) is 6.37. The molecule has 1 aliphatic heterocycles. The van der Waals surface area contributed by atoms with Gasteiger partial charge in [-0.1, -0.05) is 18.2 Å². The maximum atomic E-state index is 13.4. The summed E-state index contributed by atoms with van der Waals surface area (Å²) in [6.45, 7) is 5.08. The molecular formula is C16H21FN2O2. The van der Waals surface area contributed by atoms with Gasteiger partial charge in [-0.2, -0.15) is 0 Å². The second kappa shape index (κ2) is 8.54. The van der Waals surface area contributed by atoms with Crippen molar-refractivity contribution in [1.82, 2.24) is 10.2 Å². The van der Waals surface area contributed by atoms with Gasteiger partial charge in [0, 0.05) is 31.3 Å². The molecule has 4 nitrogen and oxygen atoms in total. The van der Waals surface area contributed by atoms with Crippen molar-refractivity contribution in [3.05, 3.63) is 41.7 Å². The van der Waals surface area contributed by atoms with E-state index in [9.17, 15) is 9.18 Å². The third-order valence-electron chi connectivity index (χ3n) is 3.37. The molecule has 1 aliphatic rings. The summed E-state index contributed by atoms with van der Waals surface area (Å²) in [5.41, 5.74) is 0.418. The van der Waals surface area contributed by atoms with Gasteiger partial charge in [0.2, 0.25) is 5.91 Å². The van der Waals surface area contributed by atoms with Gasteiger partial charge >= 0.3 is 0 Å². The van der Waals surface area contributed by atoms with Gasteiger partial charge in [0.25, 0.3) is 0 Å². The van der Waals surface area contributed by atoms with Crippen molar-refractivity contribution in [1.29, 1.82) is 0 Å². The lowest BCUT2D eigenvalue weighted by Crippen LogP contribution is -2.38. The van der Waals surface area contributed by atoms with Crippen LogP contribution >= 0.6 is 0 Å². The molecule has 0 aromatic heterocycles. The van der Waals surface area contributed by atoms with Crippen LogP contribution in [-0.4, -0.2) is 50.2 Å². The molecule has 1 N–H and O–H groups in total. The molecule has 5 heteroatoms. The van der Waals surface area contributed by atoms with Crippen molar-refractivity contribution in [3.63, 3.8) is 0 Å². The Balaban J connectivity index is 1.64. The zero-order chi connectivity index (χ0) is 14.9. The minimum atomic E-state index is -0.325. The van der Waals surface area contributed by atoms with Crippen molar-refractivity contribution >= 4 is 12.0 Å². The van der Waals surface area contributed by atoms with Crippen LogP contribution in [0.15, 0.2) is 30.3 Å². The Bertz CT molecular complexity index is 485. The molecule has 1 heterocycles. The number of amides is 1. The zero-order valence-corrected chi connectivity index (χ0v) is 12.1. The number of nitrogens with zero attached hydrogens (tertiary/aromatic N) is 1. The van der Waals surface area contributed by atoms with E-state index in [2.05, 4.69) is 10.2 Å². The molecule has 1 amide bonds. The lowest BCUT2D eigenvalue weighted by atomic mass is 10.2. The van der Waals surface area contributed by atoms with Crippen LogP contribution < -0.4 is 5.32 Å². The van der Waals surface area contributed by atoms with E-state index >= 15 is 0 Å². The van der Waals surface area contributed by atoms with Gasteiger partial charge in [0.05, 0.1) is 13.2 Å². The number of ether oxygens (including phenoxy) is 1. The molecule has 0 spiro atoms. The summed E-state index contributed by atoms with van der Waals surface area (Å²) in [4.78, 5) is 13.9. The summed E-state index contributed by atoms with van der Waals surface area (Å²) in [6.07, 6.45) is 3.76. The third-order valence-corrected chi connectivity index (χ3v) is 3.37. The summed E-state index contributed by atoms with van der Waals surface area (Å²) in [7, 11) is 0. The molecule has 0 atom stereocenters. The van der Waals surface area contributed by atoms with Crippen LogP contribution in [0.4, 0.5) is 4.39 Å². The second-order valence-electron chi connectivity index (χ2n) is 4.95. The normalized spacial score (nSPS) is 16.2. The summed E-state index contributed by atoms with van der Waals surface area (Å²) >= 11 is 0. The molecule has 0 aliphatic carbocycles. The predicted molar refractivity (Wildman–Crippen MR) is 80.3 cm³/mol. The van der Waals surface area contributed by atoms with Crippen molar-refractivity contribution in [3.8, 4) is 0 Å². The van der Waals surface area contributed by atoms with Gasteiger partial charge in [0.15, 0.2) is 0 Å². The molecule has 1 saturated heterocycles. The van der Waals surface area contributed by atoms with Crippen LogP contribution in [0.25, 0.3) is 6.08 Å². The number of rotatable bonds is 6. The lowest BCUT2D eigenvalue weighted by Gasteiger charge is -2.26. The average Bonchev–Trinajstić information content (AvgIpc) is 2.52. The first-order valence-corrected chi connectivity index (χ1v) is 7.26. The van der Waals surface area contributed by atoms with Crippen LogP contribution in [0.3, 0.4) is 0 Å². The van der Waals surface area contributed by atoms with Gasteiger partial charge in [0.1, 0.15) is 5.82 Å². The van der Waals surface area contributed by atoms with E-state index in [-0.39, 0.29) is 11.7 Å². The molecule has 1 aromatic carbocycles. The van der Waals surface area contributed by atoms with Crippen molar-refractivity contribution in [2.45, 2.75) is 6.42 Å². The minimum absolute atomic E-state index is 0.194. The van der Waals surface area contributed by atoms with Crippen LogP contribution in [0.1, 0.15) is 12.0 Å². The highest BCUT2D eigenvalue weighted by Gasteiger charge is 2.09. The first-order chi connectivity index (χ1) is 10.3. The molecule has 1 aromatic rings. The van der Waals surface area contributed by atoms with E-state index < -0.39 is 0 Å². The van der Waals surface area contributed by atoms with E-state index in [0.717, 1.165) is 39.3 Å². The maximum absolute atomic E-state index is 13.4. The Morgan fingerprint density at radius 2 is 2.10 bits per heavy atom. The quantitative estimate of drug-likeness (QED) is 0.641. The van der Waals surface area contributed by atoms with E-state index in [4.69, 9.17) is 4.74 Å². The monoisotopic (exact) mass is 292 g/mol. The zero-order valence-electron chi connectivity index (χ0n) is 12.1. The Morgan fingerprint density at radius 1 is 1.33 bits per heavy atom. The standard InChI is InChI=1S/C16H21FN2O2/c17-15-5-2-1-4-14(15)6-7-16(20)18-8-3-9-19-10-12-21-13-11-19/h1-2,4-7H,3,8-13H2,(H,18,20)/b7-6+. The maximum Gasteiger partial charge on any atom is 0.244 e. The summed E-state index contributed by atoms with van der Waals surface area (Å²) < 4.78 is 18.6. The van der Waals surface area contributed by atoms with Crippen LogP contribution in [0.5, 0.6) is 0 Å². The fraction of sp³-hybridized carbons (Fsp3) is 0.438. The number of carbonyl (C=O) groups is 1. The third kappa shape index (κ3) is 5.65. The molecule has 1 fully saturated rings. The van der Waals surface area contributed by atoms with Gasteiger partial charge in [-0.3, -0.25) is 9.69 Å². The van der Waals surface area contributed by atoms with Crippen molar-refractivity contribution in [2.75, 3.05) is 39.4 Å². The highest BCUT2D eigenvalue weighted by Crippen LogP contribution is 2.07. The molecule has 2 rings (SSSR count). The summed E-state index contributed by atoms with van der Waals surface area (Å²) in [5, 5.41) is 2.81. The largest absolute Gasteiger partial charge is 0.379 e. The number of carbonyl (C=O) groups excluding carboxylic acids is 1. The Morgan fingerprint density at radius 3 is 2.86 bits per heavy atom. The molecule has 0 radical (unpaired) electrons. The second-order valence-corrected chi connectivity index (χ2v) is 4.95. The molecule has 21 heavy (non-hydrogen) atoms. The molecular weight excluding hydrogens is 271 g/mol.